The fraction of sp³-hybridized carbons (Fsp3) is 0.821. The number of nitrogens with one attached hydrogen (secondary N) is 1. The number of aliphatic hydroxyl groups is 2. The number of hydrogen-bond donors (Lipinski definition) is 3. The van der Waals surface area contributed by atoms with Crippen LogP contribution in [-0.2, 0) is 14.3 Å². The SMILES string of the molecule is CC/C=C/C=C/C=C/C=C\CCCCCCCC(=O)OC(CCCCCCCCCCCCCCCCCC)CC(=O)NC(CO)C(O)CCCCCCCCCCCCCC. The predicted molar refractivity (Wildman–Crippen MR) is 269 cm³/mol. The summed E-state index contributed by atoms with van der Waals surface area (Å²) in [4.78, 5) is 26.2. The van der Waals surface area contributed by atoms with Crippen LogP contribution in [0.25, 0.3) is 0 Å². The van der Waals surface area contributed by atoms with Gasteiger partial charge in [-0.05, 0) is 44.9 Å². The van der Waals surface area contributed by atoms with E-state index in [2.05, 4.69) is 56.5 Å². The molecular formula is C56H103NO5. The highest BCUT2D eigenvalue weighted by Gasteiger charge is 2.24. The highest BCUT2D eigenvalue weighted by molar-refractivity contribution is 5.77. The van der Waals surface area contributed by atoms with Crippen LogP contribution in [0.3, 0.4) is 0 Å². The third-order valence-corrected chi connectivity index (χ3v) is 12.3. The molecule has 1 amide bonds. The lowest BCUT2D eigenvalue weighted by molar-refractivity contribution is -0.151. The van der Waals surface area contributed by atoms with Gasteiger partial charge in [0.05, 0.1) is 25.2 Å². The molecule has 0 saturated heterocycles. The van der Waals surface area contributed by atoms with Crippen LogP contribution < -0.4 is 5.32 Å². The van der Waals surface area contributed by atoms with Gasteiger partial charge in [-0.25, -0.2) is 0 Å². The maximum Gasteiger partial charge on any atom is 0.306 e. The normalized spacial score (nSPS) is 13.6. The molecule has 0 bridgehead atoms. The number of rotatable bonds is 48. The van der Waals surface area contributed by atoms with E-state index in [0.29, 0.717) is 19.3 Å². The Balaban J connectivity index is 4.60. The van der Waals surface area contributed by atoms with Crippen molar-refractivity contribution in [1.82, 2.24) is 5.32 Å². The van der Waals surface area contributed by atoms with Gasteiger partial charge >= 0.3 is 5.97 Å². The van der Waals surface area contributed by atoms with Crippen molar-refractivity contribution in [3.63, 3.8) is 0 Å². The number of carbonyl (C=O) groups is 2. The van der Waals surface area contributed by atoms with E-state index in [1.54, 1.807) is 0 Å². The van der Waals surface area contributed by atoms with Gasteiger partial charge in [0.25, 0.3) is 0 Å². The maximum atomic E-state index is 13.2. The molecule has 362 valence electrons. The Hall–Kier alpha value is -2.18. The molecule has 0 aliphatic rings. The molecule has 3 N–H and O–H groups in total. The smallest absolute Gasteiger partial charge is 0.306 e. The topological polar surface area (TPSA) is 95.9 Å². The third-order valence-electron chi connectivity index (χ3n) is 12.3. The van der Waals surface area contributed by atoms with Crippen molar-refractivity contribution < 1.29 is 24.5 Å². The first-order valence-corrected chi connectivity index (χ1v) is 26.9. The molecule has 62 heavy (non-hydrogen) atoms. The van der Waals surface area contributed by atoms with Gasteiger partial charge in [-0.1, -0.05) is 262 Å². The molecule has 0 heterocycles. The van der Waals surface area contributed by atoms with Gasteiger partial charge < -0.3 is 20.3 Å². The van der Waals surface area contributed by atoms with Gasteiger partial charge in [-0.2, -0.15) is 0 Å². The Bertz CT molecular complexity index is 1070. The lowest BCUT2D eigenvalue weighted by Gasteiger charge is -2.24. The van der Waals surface area contributed by atoms with E-state index in [-0.39, 0.29) is 24.9 Å². The summed E-state index contributed by atoms with van der Waals surface area (Å²) in [5, 5.41) is 23.8. The molecule has 0 spiro atoms. The fourth-order valence-corrected chi connectivity index (χ4v) is 8.21. The summed E-state index contributed by atoms with van der Waals surface area (Å²) in [5.74, 6) is -0.490. The van der Waals surface area contributed by atoms with Crippen molar-refractivity contribution >= 4 is 11.9 Å². The zero-order valence-electron chi connectivity index (χ0n) is 41.3. The number of carbonyl (C=O) groups excluding carboxylic acids is 2. The molecule has 0 aromatic rings. The molecule has 0 radical (unpaired) electrons. The average molecular weight is 870 g/mol. The first-order chi connectivity index (χ1) is 30.5. The summed E-state index contributed by atoms with van der Waals surface area (Å²) in [6, 6.07) is -0.704. The predicted octanol–water partition coefficient (Wildman–Crippen LogP) is 16.2. The first kappa shape index (κ1) is 59.8. The van der Waals surface area contributed by atoms with E-state index < -0.39 is 18.2 Å². The summed E-state index contributed by atoms with van der Waals surface area (Å²) in [6.07, 6.45) is 60.2. The van der Waals surface area contributed by atoms with Crippen LogP contribution in [0.4, 0.5) is 0 Å². The minimum Gasteiger partial charge on any atom is -0.462 e. The minimum atomic E-state index is -0.790. The van der Waals surface area contributed by atoms with Gasteiger partial charge in [0.1, 0.15) is 6.10 Å². The van der Waals surface area contributed by atoms with Crippen molar-refractivity contribution in [2.75, 3.05) is 6.61 Å². The molecule has 0 saturated carbocycles. The summed E-state index contributed by atoms with van der Waals surface area (Å²) < 4.78 is 5.94. The van der Waals surface area contributed by atoms with E-state index in [1.807, 2.05) is 18.2 Å². The second-order valence-corrected chi connectivity index (χ2v) is 18.4. The van der Waals surface area contributed by atoms with Crippen molar-refractivity contribution in [3.05, 3.63) is 48.6 Å². The highest BCUT2D eigenvalue weighted by Crippen LogP contribution is 2.18. The fourth-order valence-electron chi connectivity index (χ4n) is 8.21. The Morgan fingerprint density at radius 1 is 0.484 bits per heavy atom. The Morgan fingerprint density at radius 3 is 1.32 bits per heavy atom. The van der Waals surface area contributed by atoms with E-state index in [9.17, 15) is 19.8 Å². The second-order valence-electron chi connectivity index (χ2n) is 18.4. The van der Waals surface area contributed by atoms with Crippen molar-refractivity contribution in [1.29, 1.82) is 0 Å². The summed E-state index contributed by atoms with van der Waals surface area (Å²) in [7, 11) is 0. The number of aliphatic hydroxyl groups excluding tert-OH is 2. The van der Waals surface area contributed by atoms with Crippen LogP contribution in [0.2, 0.25) is 0 Å². The standard InChI is InChI=1S/C56H103NO5/c1-4-7-10-13-16-19-22-25-27-29-30-32-35-38-41-44-47-52(62-56(61)49-46-43-40-37-34-31-28-26-23-20-17-14-11-8-5-2)50-55(60)57-53(51-58)54(59)48-45-42-39-36-33-24-21-18-15-12-9-6-3/h8,11,14,17,20,23,26,28,52-54,58-59H,4-7,9-10,12-13,15-16,18-19,21-22,24-25,27,29-51H2,1-3H3,(H,57,60)/b11-8+,17-14+,23-20+,28-26-. The molecule has 3 atom stereocenters. The lowest BCUT2D eigenvalue weighted by atomic mass is 10.0. The quantitative estimate of drug-likeness (QED) is 0.0322. The molecular weight excluding hydrogens is 767 g/mol. The maximum absolute atomic E-state index is 13.2. The number of esters is 1. The number of amides is 1. The summed E-state index contributed by atoms with van der Waals surface area (Å²) in [6.45, 7) is 6.36. The Kier molecular flexibility index (Phi) is 48.1. The lowest BCUT2D eigenvalue weighted by Crippen LogP contribution is -2.46. The molecule has 0 aromatic heterocycles. The van der Waals surface area contributed by atoms with Gasteiger partial charge in [0, 0.05) is 6.42 Å². The van der Waals surface area contributed by atoms with Crippen LogP contribution in [0.1, 0.15) is 271 Å². The molecule has 0 aromatic carbocycles. The second kappa shape index (κ2) is 49.8. The average Bonchev–Trinajstić information content (AvgIpc) is 3.26. The summed E-state index contributed by atoms with van der Waals surface area (Å²) in [5.41, 5.74) is 0. The number of hydrogen-bond acceptors (Lipinski definition) is 5. The number of unbranched alkanes of at least 4 members (excludes halogenated alkanes) is 31. The van der Waals surface area contributed by atoms with Crippen LogP contribution in [-0.4, -0.2) is 46.9 Å². The van der Waals surface area contributed by atoms with E-state index in [0.717, 1.165) is 77.0 Å². The van der Waals surface area contributed by atoms with Gasteiger partial charge in [0.15, 0.2) is 0 Å². The number of allylic oxidation sites excluding steroid dienone is 8. The molecule has 3 unspecified atom stereocenters. The van der Waals surface area contributed by atoms with E-state index in [4.69, 9.17) is 4.74 Å². The van der Waals surface area contributed by atoms with E-state index in [1.165, 1.54) is 148 Å². The molecule has 0 rings (SSSR count). The molecule has 6 nitrogen and oxygen atoms in total. The van der Waals surface area contributed by atoms with Gasteiger partial charge in [-0.15, -0.1) is 0 Å². The van der Waals surface area contributed by atoms with Gasteiger partial charge in [-0.3, -0.25) is 9.59 Å². The van der Waals surface area contributed by atoms with Crippen LogP contribution in [0.5, 0.6) is 0 Å². The van der Waals surface area contributed by atoms with Crippen molar-refractivity contribution in [2.24, 2.45) is 0 Å². The molecule has 0 fully saturated rings. The Labute approximate surface area is 385 Å². The van der Waals surface area contributed by atoms with Crippen LogP contribution >= 0.6 is 0 Å². The third kappa shape index (κ3) is 44.4. The first-order valence-electron chi connectivity index (χ1n) is 26.9. The highest BCUT2D eigenvalue weighted by atomic mass is 16.5. The zero-order valence-corrected chi connectivity index (χ0v) is 41.3. The zero-order chi connectivity index (χ0) is 45.2. The van der Waals surface area contributed by atoms with Crippen LogP contribution in [0, 0.1) is 0 Å². The van der Waals surface area contributed by atoms with Crippen molar-refractivity contribution in [2.45, 2.75) is 289 Å². The largest absolute Gasteiger partial charge is 0.462 e. The summed E-state index contributed by atoms with van der Waals surface area (Å²) >= 11 is 0. The minimum absolute atomic E-state index is 0.0706. The van der Waals surface area contributed by atoms with Crippen LogP contribution in [0.15, 0.2) is 48.6 Å². The number of ether oxygens (including phenoxy) is 1. The van der Waals surface area contributed by atoms with Crippen molar-refractivity contribution in [3.8, 4) is 0 Å². The monoisotopic (exact) mass is 870 g/mol. The Morgan fingerprint density at radius 2 is 0.871 bits per heavy atom. The molecule has 0 aliphatic heterocycles. The molecule has 6 heteroatoms. The van der Waals surface area contributed by atoms with E-state index >= 15 is 0 Å². The molecule has 0 aliphatic carbocycles. The van der Waals surface area contributed by atoms with Gasteiger partial charge in [0.2, 0.25) is 5.91 Å².